The molecule has 0 aromatic carbocycles. The maximum atomic E-state index is 13.1. The number of hydrogen-bond donors (Lipinski definition) is 1. The number of nitrogens with zero attached hydrogens (tertiary/aromatic N) is 2. The van der Waals surface area contributed by atoms with E-state index in [9.17, 15) is 9.59 Å². The van der Waals surface area contributed by atoms with Crippen LogP contribution in [0.2, 0.25) is 0 Å². The average Bonchev–Trinajstić information content (AvgIpc) is 3.34. The minimum Gasteiger partial charge on any atom is -0.441 e. The third-order valence-electron chi connectivity index (χ3n) is 7.93. The average molecular weight is 378 g/mol. The van der Waals surface area contributed by atoms with Gasteiger partial charge in [-0.05, 0) is 37.0 Å². The summed E-state index contributed by atoms with van der Waals surface area (Å²) in [7, 11) is 0. The summed E-state index contributed by atoms with van der Waals surface area (Å²) in [6, 6.07) is 0.0481. The van der Waals surface area contributed by atoms with Crippen molar-refractivity contribution >= 4 is 12.0 Å². The van der Waals surface area contributed by atoms with Gasteiger partial charge in [-0.15, -0.1) is 0 Å². The molecule has 2 heterocycles. The Morgan fingerprint density at radius 2 is 1.89 bits per heavy atom. The summed E-state index contributed by atoms with van der Waals surface area (Å²) in [5.74, 6) is 1.86. The lowest BCUT2D eigenvalue weighted by Crippen LogP contribution is -2.53. The molecule has 0 unspecified atom stereocenters. The second-order valence-electron chi connectivity index (χ2n) is 9.38. The van der Waals surface area contributed by atoms with E-state index in [0.717, 1.165) is 45.1 Å². The molecule has 0 aromatic rings. The van der Waals surface area contributed by atoms with Crippen LogP contribution >= 0.6 is 0 Å². The van der Waals surface area contributed by atoms with Gasteiger partial charge in [-0.25, -0.2) is 4.79 Å². The van der Waals surface area contributed by atoms with Gasteiger partial charge in [-0.3, -0.25) is 4.79 Å². The number of amides is 2. The first-order valence-corrected chi connectivity index (χ1v) is 11.0. The maximum Gasteiger partial charge on any atom is 0.410 e. The summed E-state index contributed by atoms with van der Waals surface area (Å²) >= 11 is 0. The number of rotatable bonds is 5. The number of likely N-dealkylation sites (tertiary alicyclic amines) is 1. The van der Waals surface area contributed by atoms with E-state index < -0.39 is 5.60 Å². The Bertz CT molecular complexity index is 581. The predicted molar refractivity (Wildman–Crippen MR) is 103 cm³/mol. The molecule has 2 aliphatic heterocycles. The molecular weight excluding hydrogens is 342 g/mol. The van der Waals surface area contributed by atoms with Gasteiger partial charge < -0.3 is 20.3 Å². The van der Waals surface area contributed by atoms with Crippen LogP contribution in [0.5, 0.6) is 0 Å². The van der Waals surface area contributed by atoms with Crippen LogP contribution in [-0.4, -0.2) is 59.6 Å². The Balaban J connectivity index is 1.34. The van der Waals surface area contributed by atoms with Crippen LogP contribution < -0.4 is 5.73 Å². The van der Waals surface area contributed by atoms with Gasteiger partial charge in [0.2, 0.25) is 5.91 Å². The van der Waals surface area contributed by atoms with Crippen molar-refractivity contribution in [3.05, 3.63) is 0 Å². The summed E-state index contributed by atoms with van der Waals surface area (Å²) in [5, 5.41) is 0. The molecule has 2 bridgehead atoms. The van der Waals surface area contributed by atoms with Gasteiger partial charge in [0.15, 0.2) is 0 Å². The van der Waals surface area contributed by atoms with Crippen molar-refractivity contribution in [1.82, 2.24) is 9.80 Å². The first kappa shape index (κ1) is 19.0. The standard InChI is InChI=1S/C21H35N3O3/c1-3-14(4-2)12-24-13-21(27-20(24)26)7-9-23(10-8-21)19(25)17-15-5-6-16(11-15)18(17)22/h14-18H,3-13,22H2,1-2H3/t15-,16+,17-,18+/m1/s1. The third kappa shape index (κ3) is 3.34. The molecule has 4 fully saturated rings. The summed E-state index contributed by atoms with van der Waals surface area (Å²) in [4.78, 5) is 29.3. The summed E-state index contributed by atoms with van der Waals surface area (Å²) in [6.07, 6.45) is 6.99. The molecule has 1 spiro atoms. The number of carbonyl (C=O) groups excluding carboxylic acids is 2. The number of nitrogens with two attached hydrogens (primary N) is 1. The molecule has 2 N–H and O–H groups in total. The molecule has 2 aliphatic carbocycles. The van der Waals surface area contributed by atoms with Crippen LogP contribution in [0.3, 0.4) is 0 Å². The molecule has 2 saturated carbocycles. The number of ether oxygens (including phenoxy) is 1. The molecule has 4 atom stereocenters. The Hall–Kier alpha value is -1.30. The van der Waals surface area contributed by atoms with Gasteiger partial charge in [0.25, 0.3) is 0 Å². The van der Waals surface area contributed by atoms with Crippen LogP contribution in [0.15, 0.2) is 0 Å². The normalized spacial score (nSPS) is 34.7. The second-order valence-corrected chi connectivity index (χ2v) is 9.38. The van der Waals surface area contributed by atoms with Crippen molar-refractivity contribution in [1.29, 1.82) is 0 Å². The molecule has 0 aromatic heterocycles. The van der Waals surface area contributed by atoms with E-state index in [0.29, 0.717) is 37.4 Å². The lowest BCUT2D eigenvalue weighted by Gasteiger charge is -2.40. The largest absolute Gasteiger partial charge is 0.441 e. The van der Waals surface area contributed by atoms with Gasteiger partial charge in [-0.1, -0.05) is 26.7 Å². The van der Waals surface area contributed by atoms with Crippen LogP contribution in [0.1, 0.15) is 58.8 Å². The molecule has 2 amide bonds. The highest BCUT2D eigenvalue weighted by Crippen LogP contribution is 2.48. The zero-order chi connectivity index (χ0) is 19.2. The Kier molecular flexibility index (Phi) is 5.12. The van der Waals surface area contributed by atoms with Crippen molar-refractivity contribution in [2.75, 3.05) is 26.2 Å². The quantitative estimate of drug-likeness (QED) is 0.799. The van der Waals surface area contributed by atoms with E-state index in [1.54, 1.807) is 0 Å². The summed E-state index contributed by atoms with van der Waals surface area (Å²) in [5.41, 5.74) is 5.98. The summed E-state index contributed by atoms with van der Waals surface area (Å²) < 4.78 is 5.84. The van der Waals surface area contributed by atoms with Gasteiger partial charge >= 0.3 is 6.09 Å². The van der Waals surface area contributed by atoms with E-state index in [1.807, 2.05) is 9.80 Å². The Labute approximate surface area is 162 Å². The van der Waals surface area contributed by atoms with Crippen molar-refractivity contribution in [2.45, 2.75) is 70.4 Å². The summed E-state index contributed by atoms with van der Waals surface area (Å²) in [6.45, 7) is 7.19. The van der Waals surface area contributed by atoms with Crippen molar-refractivity contribution in [3.63, 3.8) is 0 Å². The number of hydrogen-bond acceptors (Lipinski definition) is 4. The van der Waals surface area contributed by atoms with Crippen LogP contribution in [-0.2, 0) is 9.53 Å². The highest BCUT2D eigenvalue weighted by atomic mass is 16.6. The minimum atomic E-state index is -0.392. The van der Waals surface area contributed by atoms with Gasteiger partial charge in [-0.2, -0.15) is 0 Å². The molecule has 4 aliphatic rings. The number of carbonyl (C=O) groups is 2. The predicted octanol–water partition coefficient (Wildman–Crippen LogP) is 2.61. The molecular formula is C21H35N3O3. The van der Waals surface area contributed by atoms with Crippen molar-refractivity contribution < 1.29 is 14.3 Å². The molecule has 6 heteroatoms. The SMILES string of the molecule is CCC(CC)CN1CC2(CCN(C(=O)[C@@H]3[C@@H]4CC[C@@H](C4)[C@@H]3N)CC2)OC1=O. The van der Waals surface area contributed by atoms with Crippen molar-refractivity contribution in [2.24, 2.45) is 29.4 Å². The van der Waals surface area contributed by atoms with Crippen molar-refractivity contribution in [3.8, 4) is 0 Å². The molecule has 6 nitrogen and oxygen atoms in total. The molecule has 27 heavy (non-hydrogen) atoms. The van der Waals surface area contributed by atoms with Gasteiger partial charge in [0.1, 0.15) is 5.60 Å². The van der Waals surface area contributed by atoms with E-state index >= 15 is 0 Å². The topological polar surface area (TPSA) is 75.9 Å². The van der Waals surface area contributed by atoms with Gasteiger partial charge in [0, 0.05) is 38.5 Å². The van der Waals surface area contributed by atoms with E-state index in [-0.39, 0.29) is 24.0 Å². The first-order valence-electron chi connectivity index (χ1n) is 11.0. The highest BCUT2D eigenvalue weighted by molar-refractivity contribution is 5.81. The van der Waals surface area contributed by atoms with E-state index in [1.165, 1.54) is 6.42 Å². The fourth-order valence-corrected chi connectivity index (χ4v) is 6.00. The third-order valence-corrected chi connectivity index (χ3v) is 7.93. The second kappa shape index (κ2) is 7.26. The fourth-order valence-electron chi connectivity index (χ4n) is 6.00. The lowest BCUT2D eigenvalue weighted by molar-refractivity contribution is -0.141. The number of piperidine rings is 1. The zero-order valence-electron chi connectivity index (χ0n) is 16.9. The monoisotopic (exact) mass is 377 g/mol. The smallest absolute Gasteiger partial charge is 0.410 e. The number of fused-ring (bicyclic) bond motifs is 2. The Morgan fingerprint density at radius 1 is 1.22 bits per heavy atom. The van der Waals surface area contributed by atoms with E-state index in [2.05, 4.69) is 13.8 Å². The highest BCUT2D eigenvalue weighted by Gasteiger charge is 2.52. The molecule has 4 rings (SSSR count). The Morgan fingerprint density at radius 3 is 2.48 bits per heavy atom. The van der Waals surface area contributed by atoms with Crippen LogP contribution in [0.4, 0.5) is 4.79 Å². The lowest BCUT2D eigenvalue weighted by atomic mass is 9.83. The van der Waals surface area contributed by atoms with E-state index in [4.69, 9.17) is 10.5 Å². The van der Waals surface area contributed by atoms with Crippen LogP contribution in [0.25, 0.3) is 0 Å². The molecule has 152 valence electrons. The zero-order valence-corrected chi connectivity index (χ0v) is 16.9. The van der Waals surface area contributed by atoms with Crippen LogP contribution in [0, 0.1) is 23.7 Å². The molecule has 0 radical (unpaired) electrons. The molecule has 2 saturated heterocycles. The maximum absolute atomic E-state index is 13.1. The van der Waals surface area contributed by atoms with Gasteiger partial charge in [0.05, 0.1) is 12.5 Å². The fraction of sp³-hybridized carbons (Fsp3) is 0.905. The first-order chi connectivity index (χ1) is 13.0. The minimum absolute atomic E-state index is 0.0234.